The van der Waals surface area contributed by atoms with Gasteiger partial charge in [-0.2, -0.15) is 0 Å². The summed E-state index contributed by atoms with van der Waals surface area (Å²) in [6.45, 7) is 9.75. The van der Waals surface area contributed by atoms with Crippen LogP contribution in [-0.2, 0) is 0 Å². The minimum Gasteiger partial charge on any atom is -0.492 e. The van der Waals surface area contributed by atoms with E-state index in [1.165, 1.54) is 0 Å². The lowest BCUT2D eigenvalue weighted by atomic mass is 10.0. The SMILES string of the molecule is C=C(Nc1ccc(Cl)c(C)c1)c1c(C)cccc1OCCN(C)C. The third kappa shape index (κ3) is 4.76. The van der Waals surface area contributed by atoms with Gasteiger partial charge in [0.1, 0.15) is 12.4 Å². The number of aryl methyl sites for hydroxylation is 2. The molecule has 0 fully saturated rings. The standard InChI is InChI=1S/C20H25ClN2O/c1-14-7-6-8-19(24-12-11-23(4)5)20(14)16(3)22-17-9-10-18(21)15(2)13-17/h6-10,13,22H,3,11-12H2,1-2,4-5H3. The minimum atomic E-state index is 0.636. The molecule has 0 aliphatic carbocycles. The first-order chi connectivity index (χ1) is 11.4. The molecular weight excluding hydrogens is 320 g/mol. The van der Waals surface area contributed by atoms with Crippen molar-refractivity contribution in [3.05, 3.63) is 64.7 Å². The van der Waals surface area contributed by atoms with E-state index in [0.717, 1.165) is 45.4 Å². The van der Waals surface area contributed by atoms with Gasteiger partial charge in [-0.05, 0) is 63.3 Å². The number of benzene rings is 2. The summed E-state index contributed by atoms with van der Waals surface area (Å²) < 4.78 is 5.97. The van der Waals surface area contributed by atoms with Crippen molar-refractivity contribution >= 4 is 23.0 Å². The number of hydrogen-bond acceptors (Lipinski definition) is 3. The molecule has 0 aliphatic heterocycles. The first kappa shape index (κ1) is 18.4. The average Bonchev–Trinajstić information content (AvgIpc) is 2.50. The van der Waals surface area contributed by atoms with E-state index in [-0.39, 0.29) is 0 Å². The van der Waals surface area contributed by atoms with E-state index in [2.05, 4.69) is 29.8 Å². The fraction of sp³-hybridized carbons (Fsp3) is 0.300. The number of likely N-dealkylation sites (N-methyl/N-ethyl adjacent to an activating group) is 1. The van der Waals surface area contributed by atoms with E-state index in [0.29, 0.717) is 6.61 Å². The second kappa shape index (κ2) is 8.22. The molecule has 0 unspecified atom stereocenters. The third-order valence-corrected chi connectivity index (χ3v) is 4.21. The van der Waals surface area contributed by atoms with Crippen LogP contribution in [0.15, 0.2) is 43.0 Å². The molecule has 0 aromatic heterocycles. The smallest absolute Gasteiger partial charge is 0.128 e. The zero-order valence-electron chi connectivity index (χ0n) is 14.8. The molecule has 128 valence electrons. The fourth-order valence-corrected chi connectivity index (χ4v) is 2.56. The van der Waals surface area contributed by atoms with E-state index < -0.39 is 0 Å². The molecule has 0 radical (unpaired) electrons. The second-order valence-electron chi connectivity index (χ2n) is 6.17. The Morgan fingerprint density at radius 3 is 2.58 bits per heavy atom. The minimum absolute atomic E-state index is 0.636. The molecule has 0 saturated carbocycles. The van der Waals surface area contributed by atoms with Gasteiger partial charge in [-0.15, -0.1) is 0 Å². The quantitative estimate of drug-likeness (QED) is 0.766. The molecular formula is C20H25ClN2O. The zero-order valence-corrected chi connectivity index (χ0v) is 15.6. The maximum atomic E-state index is 6.09. The Balaban J connectivity index is 2.19. The third-order valence-electron chi connectivity index (χ3n) is 3.79. The summed E-state index contributed by atoms with van der Waals surface area (Å²) >= 11 is 6.09. The van der Waals surface area contributed by atoms with E-state index in [1.807, 2.05) is 51.4 Å². The van der Waals surface area contributed by atoms with Gasteiger partial charge >= 0.3 is 0 Å². The first-order valence-corrected chi connectivity index (χ1v) is 8.36. The molecule has 0 amide bonds. The van der Waals surface area contributed by atoms with Crippen molar-refractivity contribution < 1.29 is 4.74 Å². The van der Waals surface area contributed by atoms with Gasteiger partial charge < -0.3 is 15.0 Å². The number of ether oxygens (including phenoxy) is 1. The lowest BCUT2D eigenvalue weighted by Crippen LogP contribution is -2.20. The van der Waals surface area contributed by atoms with Crippen molar-refractivity contribution in [2.24, 2.45) is 0 Å². The molecule has 0 atom stereocenters. The predicted molar refractivity (Wildman–Crippen MR) is 104 cm³/mol. The van der Waals surface area contributed by atoms with E-state index in [4.69, 9.17) is 16.3 Å². The highest BCUT2D eigenvalue weighted by atomic mass is 35.5. The monoisotopic (exact) mass is 344 g/mol. The predicted octanol–water partition coefficient (Wildman–Crippen LogP) is 4.98. The Bertz CT molecular complexity index is 726. The number of anilines is 1. The summed E-state index contributed by atoms with van der Waals surface area (Å²) in [5, 5.41) is 4.12. The molecule has 0 bridgehead atoms. The molecule has 2 rings (SSSR count). The Morgan fingerprint density at radius 1 is 1.17 bits per heavy atom. The van der Waals surface area contributed by atoms with Crippen molar-refractivity contribution in [3.63, 3.8) is 0 Å². The summed E-state index contributed by atoms with van der Waals surface area (Å²) in [4.78, 5) is 2.10. The lowest BCUT2D eigenvalue weighted by molar-refractivity contribution is 0.261. The highest BCUT2D eigenvalue weighted by Gasteiger charge is 2.11. The van der Waals surface area contributed by atoms with E-state index in [1.54, 1.807) is 0 Å². The molecule has 0 heterocycles. The van der Waals surface area contributed by atoms with Crippen LogP contribution in [-0.4, -0.2) is 32.1 Å². The van der Waals surface area contributed by atoms with Gasteiger partial charge in [0.05, 0.1) is 0 Å². The summed E-state index contributed by atoms with van der Waals surface area (Å²) in [6, 6.07) is 11.9. The highest BCUT2D eigenvalue weighted by Crippen LogP contribution is 2.30. The Hall–Kier alpha value is -1.97. The molecule has 1 N–H and O–H groups in total. The van der Waals surface area contributed by atoms with Crippen LogP contribution in [0.2, 0.25) is 5.02 Å². The second-order valence-corrected chi connectivity index (χ2v) is 6.57. The summed E-state index contributed by atoms with van der Waals surface area (Å²) in [5.41, 5.74) is 4.94. The summed E-state index contributed by atoms with van der Waals surface area (Å²) in [7, 11) is 4.06. The van der Waals surface area contributed by atoms with Gasteiger partial charge in [-0.3, -0.25) is 0 Å². The van der Waals surface area contributed by atoms with Gasteiger partial charge in [-0.1, -0.05) is 30.3 Å². The van der Waals surface area contributed by atoms with Gasteiger partial charge in [-0.25, -0.2) is 0 Å². The molecule has 0 spiro atoms. The van der Waals surface area contributed by atoms with Crippen LogP contribution in [0, 0.1) is 13.8 Å². The number of rotatable bonds is 7. The van der Waals surface area contributed by atoms with Crippen LogP contribution in [0.5, 0.6) is 5.75 Å². The van der Waals surface area contributed by atoms with Crippen LogP contribution in [0.1, 0.15) is 16.7 Å². The van der Waals surface area contributed by atoms with Gasteiger partial charge in [0.15, 0.2) is 0 Å². The Morgan fingerprint density at radius 2 is 1.92 bits per heavy atom. The van der Waals surface area contributed by atoms with Crippen LogP contribution in [0.25, 0.3) is 5.70 Å². The maximum absolute atomic E-state index is 6.09. The molecule has 2 aromatic rings. The van der Waals surface area contributed by atoms with Crippen molar-refractivity contribution in [2.45, 2.75) is 13.8 Å². The summed E-state index contributed by atoms with van der Waals surface area (Å²) in [6.07, 6.45) is 0. The van der Waals surface area contributed by atoms with Crippen molar-refractivity contribution in [3.8, 4) is 5.75 Å². The number of halogens is 1. The Labute approximate surface area is 149 Å². The van der Waals surface area contributed by atoms with Gasteiger partial charge in [0, 0.05) is 28.5 Å². The highest BCUT2D eigenvalue weighted by molar-refractivity contribution is 6.31. The molecule has 3 nitrogen and oxygen atoms in total. The van der Waals surface area contributed by atoms with Crippen LogP contribution >= 0.6 is 11.6 Å². The van der Waals surface area contributed by atoms with Crippen LogP contribution < -0.4 is 10.1 Å². The molecule has 4 heteroatoms. The fourth-order valence-electron chi connectivity index (χ4n) is 2.45. The lowest BCUT2D eigenvalue weighted by Gasteiger charge is -2.18. The van der Waals surface area contributed by atoms with Gasteiger partial charge in [0.25, 0.3) is 0 Å². The molecule has 0 aliphatic rings. The van der Waals surface area contributed by atoms with Crippen LogP contribution in [0.3, 0.4) is 0 Å². The topological polar surface area (TPSA) is 24.5 Å². The summed E-state index contributed by atoms with van der Waals surface area (Å²) in [5.74, 6) is 0.847. The number of hydrogen-bond donors (Lipinski definition) is 1. The van der Waals surface area contributed by atoms with E-state index >= 15 is 0 Å². The first-order valence-electron chi connectivity index (χ1n) is 7.98. The molecule has 2 aromatic carbocycles. The maximum Gasteiger partial charge on any atom is 0.128 e. The average molecular weight is 345 g/mol. The Kier molecular flexibility index (Phi) is 6.29. The molecule has 24 heavy (non-hydrogen) atoms. The zero-order chi connectivity index (χ0) is 17.7. The number of nitrogens with one attached hydrogen (secondary N) is 1. The normalized spacial score (nSPS) is 10.8. The largest absolute Gasteiger partial charge is 0.492 e. The van der Waals surface area contributed by atoms with E-state index in [9.17, 15) is 0 Å². The van der Waals surface area contributed by atoms with Crippen molar-refractivity contribution in [2.75, 3.05) is 32.6 Å². The van der Waals surface area contributed by atoms with Crippen molar-refractivity contribution in [1.29, 1.82) is 0 Å². The number of nitrogens with zero attached hydrogens (tertiary/aromatic N) is 1. The molecule has 0 saturated heterocycles. The van der Waals surface area contributed by atoms with Crippen LogP contribution in [0.4, 0.5) is 5.69 Å². The van der Waals surface area contributed by atoms with Gasteiger partial charge in [0.2, 0.25) is 0 Å². The van der Waals surface area contributed by atoms with Crippen molar-refractivity contribution in [1.82, 2.24) is 4.90 Å².